The van der Waals surface area contributed by atoms with Gasteiger partial charge in [-0.2, -0.15) is 0 Å². The number of rotatable bonds is 7. The summed E-state index contributed by atoms with van der Waals surface area (Å²) in [6.45, 7) is 3.24. The maximum Gasteiger partial charge on any atom is 0.253 e. The number of hydrogen-bond donors (Lipinski definition) is 2. The van der Waals surface area contributed by atoms with Crippen LogP contribution < -0.4 is 10.6 Å². The fourth-order valence-electron chi connectivity index (χ4n) is 3.06. The van der Waals surface area contributed by atoms with Crippen LogP contribution in [0, 0.1) is 6.92 Å². The van der Waals surface area contributed by atoms with E-state index in [2.05, 4.69) is 20.6 Å². The van der Waals surface area contributed by atoms with Crippen molar-refractivity contribution < 1.29 is 9.21 Å². The minimum Gasteiger partial charge on any atom is -0.444 e. The molecule has 0 spiro atoms. The van der Waals surface area contributed by atoms with Gasteiger partial charge in [-0.05, 0) is 43.2 Å². The van der Waals surface area contributed by atoms with E-state index in [0.29, 0.717) is 30.5 Å². The molecule has 0 saturated heterocycles. The molecule has 0 unspecified atom stereocenters. The standard InChI is InChI=1S/C24H29N5O2/c1-17-8-10-19(11-9-17)22-28-21(16-31-22)15-27-24(25-2)26-13-12-18-6-5-7-20(14-18)23(30)29(3)4/h5-11,14,16H,12-13,15H2,1-4H3,(H2,25,26,27). The molecule has 3 rings (SSSR count). The largest absolute Gasteiger partial charge is 0.444 e. The highest BCUT2D eigenvalue weighted by atomic mass is 16.3. The Balaban J connectivity index is 1.49. The molecule has 0 radical (unpaired) electrons. The number of oxazole rings is 1. The van der Waals surface area contributed by atoms with Crippen molar-refractivity contribution in [2.24, 2.45) is 4.99 Å². The Bertz CT molecular complexity index is 1040. The van der Waals surface area contributed by atoms with Crippen LogP contribution in [0.3, 0.4) is 0 Å². The molecule has 1 heterocycles. The fourth-order valence-corrected chi connectivity index (χ4v) is 3.06. The Morgan fingerprint density at radius 2 is 1.90 bits per heavy atom. The lowest BCUT2D eigenvalue weighted by atomic mass is 10.1. The summed E-state index contributed by atoms with van der Waals surface area (Å²) in [6.07, 6.45) is 2.43. The summed E-state index contributed by atoms with van der Waals surface area (Å²) >= 11 is 0. The topological polar surface area (TPSA) is 82.8 Å². The van der Waals surface area contributed by atoms with Crippen LogP contribution in [0.25, 0.3) is 11.5 Å². The normalized spacial score (nSPS) is 11.3. The lowest BCUT2D eigenvalue weighted by molar-refractivity contribution is 0.0827. The van der Waals surface area contributed by atoms with Gasteiger partial charge in [-0.3, -0.25) is 9.79 Å². The van der Waals surface area contributed by atoms with Gasteiger partial charge in [-0.15, -0.1) is 0 Å². The fraction of sp³-hybridized carbons (Fsp3) is 0.292. The van der Waals surface area contributed by atoms with Gasteiger partial charge in [0.25, 0.3) is 5.91 Å². The number of carbonyl (C=O) groups excluding carboxylic acids is 1. The van der Waals surface area contributed by atoms with Crippen molar-refractivity contribution in [3.05, 3.63) is 77.2 Å². The Hall–Kier alpha value is -3.61. The SMILES string of the molecule is CN=C(NCCc1cccc(C(=O)N(C)C)c1)NCc1coc(-c2ccc(C)cc2)n1. The first-order valence-electron chi connectivity index (χ1n) is 10.2. The summed E-state index contributed by atoms with van der Waals surface area (Å²) in [5, 5.41) is 6.54. The van der Waals surface area contributed by atoms with Crippen molar-refractivity contribution in [1.82, 2.24) is 20.5 Å². The van der Waals surface area contributed by atoms with Crippen molar-refractivity contribution >= 4 is 11.9 Å². The van der Waals surface area contributed by atoms with Crippen molar-refractivity contribution in [3.8, 4) is 11.5 Å². The average Bonchev–Trinajstić information content (AvgIpc) is 3.25. The van der Waals surface area contributed by atoms with Crippen LogP contribution in [0.2, 0.25) is 0 Å². The molecule has 2 N–H and O–H groups in total. The predicted molar refractivity (Wildman–Crippen MR) is 123 cm³/mol. The first-order chi connectivity index (χ1) is 15.0. The molecule has 0 atom stereocenters. The number of aliphatic imine (C=N–C) groups is 1. The van der Waals surface area contributed by atoms with E-state index in [1.54, 1.807) is 32.3 Å². The number of nitrogens with zero attached hydrogens (tertiary/aromatic N) is 3. The van der Waals surface area contributed by atoms with Crippen LogP contribution in [-0.2, 0) is 13.0 Å². The van der Waals surface area contributed by atoms with Crippen LogP contribution in [0.5, 0.6) is 0 Å². The molecule has 0 bridgehead atoms. The molecule has 2 aromatic carbocycles. The second-order valence-electron chi connectivity index (χ2n) is 7.51. The third-order valence-corrected chi connectivity index (χ3v) is 4.80. The van der Waals surface area contributed by atoms with Gasteiger partial charge in [0.15, 0.2) is 5.96 Å². The first-order valence-corrected chi connectivity index (χ1v) is 10.2. The monoisotopic (exact) mass is 419 g/mol. The molecule has 31 heavy (non-hydrogen) atoms. The van der Waals surface area contributed by atoms with Gasteiger partial charge in [0.05, 0.1) is 12.2 Å². The molecule has 1 aromatic heterocycles. The Labute approximate surface area is 183 Å². The van der Waals surface area contributed by atoms with Gasteiger partial charge in [0.1, 0.15) is 6.26 Å². The number of amides is 1. The lowest BCUT2D eigenvalue weighted by Crippen LogP contribution is -2.37. The molecule has 0 saturated carbocycles. The van der Waals surface area contributed by atoms with Crippen molar-refractivity contribution in [3.63, 3.8) is 0 Å². The maximum absolute atomic E-state index is 12.1. The summed E-state index contributed by atoms with van der Waals surface area (Å²) in [5.41, 5.74) is 4.74. The second kappa shape index (κ2) is 10.4. The summed E-state index contributed by atoms with van der Waals surface area (Å²) in [4.78, 5) is 22.5. The minimum atomic E-state index is 0.00454. The van der Waals surface area contributed by atoms with E-state index < -0.39 is 0 Å². The van der Waals surface area contributed by atoms with Crippen LogP contribution in [0.15, 0.2) is 64.2 Å². The summed E-state index contributed by atoms with van der Waals surface area (Å²) in [5.74, 6) is 1.29. The van der Waals surface area contributed by atoms with E-state index in [-0.39, 0.29) is 5.91 Å². The molecule has 0 fully saturated rings. The first kappa shape index (κ1) is 22.1. The highest BCUT2D eigenvalue weighted by Crippen LogP contribution is 2.19. The van der Waals surface area contributed by atoms with E-state index >= 15 is 0 Å². The molecule has 1 amide bonds. The zero-order chi connectivity index (χ0) is 22.2. The summed E-state index contributed by atoms with van der Waals surface area (Å²) in [6, 6.07) is 15.8. The number of benzene rings is 2. The number of guanidine groups is 1. The van der Waals surface area contributed by atoms with Gasteiger partial charge in [-0.25, -0.2) is 4.98 Å². The Morgan fingerprint density at radius 1 is 1.13 bits per heavy atom. The van der Waals surface area contributed by atoms with Gasteiger partial charge >= 0.3 is 0 Å². The Morgan fingerprint density at radius 3 is 2.61 bits per heavy atom. The highest BCUT2D eigenvalue weighted by Gasteiger charge is 2.09. The maximum atomic E-state index is 12.1. The summed E-state index contributed by atoms with van der Waals surface area (Å²) in [7, 11) is 5.24. The highest BCUT2D eigenvalue weighted by molar-refractivity contribution is 5.94. The van der Waals surface area contributed by atoms with Crippen molar-refractivity contribution in [2.75, 3.05) is 27.7 Å². The predicted octanol–water partition coefficient (Wildman–Crippen LogP) is 3.26. The number of hydrogen-bond acceptors (Lipinski definition) is 4. The molecule has 0 aliphatic rings. The van der Waals surface area contributed by atoms with E-state index in [4.69, 9.17) is 4.42 Å². The van der Waals surface area contributed by atoms with Crippen LogP contribution >= 0.6 is 0 Å². The third kappa shape index (κ3) is 6.18. The quantitative estimate of drug-likeness (QED) is 0.454. The molecule has 7 nitrogen and oxygen atoms in total. The molecule has 162 valence electrons. The molecule has 0 aliphatic heterocycles. The molecule has 3 aromatic rings. The van der Waals surface area contributed by atoms with Crippen LogP contribution in [-0.4, -0.2) is 49.4 Å². The van der Waals surface area contributed by atoms with Crippen LogP contribution in [0.4, 0.5) is 0 Å². The number of aryl methyl sites for hydroxylation is 1. The molecular weight excluding hydrogens is 390 g/mol. The van der Waals surface area contributed by atoms with Crippen molar-refractivity contribution in [1.29, 1.82) is 0 Å². The molecule has 0 aliphatic carbocycles. The van der Waals surface area contributed by atoms with E-state index in [0.717, 1.165) is 23.2 Å². The number of aromatic nitrogens is 1. The van der Waals surface area contributed by atoms with E-state index in [1.807, 2.05) is 55.5 Å². The summed E-state index contributed by atoms with van der Waals surface area (Å²) < 4.78 is 5.60. The minimum absolute atomic E-state index is 0.00454. The molecular formula is C24H29N5O2. The molecule has 7 heteroatoms. The van der Waals surface area contributed by atoms with Gasteiger partial charge in [-0.1, -0.05) is 29.8 Å². The second-order valence-corrected chi connectivity index (χ2v) is 7.51. The van der Waals surface area contributed by atoms with E-state index in [9.17, 15) is 4.79 Å². The smallest absolute Gasteiger partial charge is 0.253 e. The zero-order valence-electron chi connectivity index (χ0n) is 18.5. The van der Waals surface area contributed by atoms with Crippen LogP contribution in [0.1, 0.15) is 27.2 Å². The van der Waals surface area contributed by atoms with Crippen molar-refractivity contribution in [2.45, 2.75) is 19.9 Å². The van der Waals surface area contributed by atoms with Gasteiger partial charge in [0.2, 0.25) is 5.89 Å². The zero-order valence-corrected chi connectivity index (χ0v) is 18.5. The van der Waals surface area contributed by atoms with Gasteiger partial charge < -0.3 is 20.0 Å². The third-order valence-electron chi connectivity index (χ3n) is 4.80. The number of nitrogens with one attached hydrogen (secondary N) is 2. The van der Waals surface area contributed by atoms with Gasteiger partial charge in [0, 0.05) is 38.8 Å². The number of carbonyl (C=O) groups is 1. The van der Waals surface area contributed by atoms with E-state index in [1.165, 1.54) is 5.56 Å². The average molecular weight is 420 g/mol. The lowest BCUT2D eigenvalue weighted by Gasteiger charge is -2.12. The Kier molecular flexibility index (Phi) is 7.43.